The number of methoxy groups -OCH3 is 2. The van der Waals surface area contributed by atoms with Gasteiger partial charge >= 0.3 is 11.9 Å². The van der Waals surface area contributed by atoms with Crippen LogP contribution in [0.15, 0.2) is 36.9 Å². The second kappa shape index (κ2) is 11.9. The van der Waals surface area contributed by atoms with Gasteiger partial charge in [-0.05, 0) is 88.5 Å². The van der Waals surface area contributed by atoms with E-state index in [9.17, 15) is 9.59 Å². The molecule has 0 N–H and O–H groups in total. The molecule has 0 spiro atoms. The fourth-order valence-electron chi connectivity index (χ4n) is 4.85. The molecule has 2 saturated heterocycles. The molecule has 2 aromatic rings. The Kier molecular flexibility index (Phi) is 9.19. The number of esters is 2. The predicted octanol–water partition coefficient (Wildman–Crippen LogP) is 5.08. The quantitative estimate of drug-likeness (QED) is 0.538. The Morgan fingerprint density at radius 2 is 1.14 bits per heavy atom. The highest BCUT2D eigenvalue weighted by Crippen LogP contribution is 2.36. The normalized spacial score (nSPS) is 22.5. The zero-order valence-electron chi connectivity index (χ0n) is 22.2. The second-order valence-corrected chi connectivity index (χ2v) is 10.6. The summed E-state index contributed by atoms with van der Waals surface area (Å²) in [5.74, 6) is 0.114. The molecule has 0 radical (unpaired) electrons. The molecular weight excluding hydrogens is 460 g/mol. The summed E-state index contributed by atoms with van der Waals surface area (Å²) < 4.78 is 20.8. The Morgan fingerprint density at radius 3 is 1.47 bits per heavy atom. The van der Waals surface area contributed by atoms with E-state index in [4.69, 9.17) is 18.9 Å². The van der Waals surface area contributed by atoms with Crippen LogP contribution in [0.2, 0.25) is 0 Å². The number of nitrogens with zero attached hydrogens (tertiary/aromatic N) is 2. The van der Waals surface area contributed by atoms with Gasteiger partial charge in [0.25, 0.3) is 0 Å². The number of hydrogen-bond donors (Lipinski definition) is 0. The van der Waals surface area contributed by atoms with Gasteiger partial charge in [-0.2, -0.15) is 0 Å². The van der Waals surface area contributed by atoms with Gasteiger partial charge in [-0.3, -0.25) is 9.97 Å². The molecule has 8 nitrogen and oxygen atoms in total. The summed E-state index contributed by atoms with van der Waals surface area (Å²) in [5.41, 5.74) is 3.00. The maximum Gasteiger partial charge on any atom is 0.339 e. The third-order valence-corrected chi connectivity index (χ3v) is 6.70. The minimum atomic E-state index is -0.337. The molecule has 2 unspecified atom stereocenters. The van der Waals surface area contributed by atoms with Crippen LogP contribution >= 0.6 is 0 Å². The Morgan fingerprint density at radius 1 is 0.750 bits per heavy atom. The largest absolute Gasteiger partial charge is 0.465 e. The van der Waals surface area contributed by atoms with Crippen LogP contribution in [0, 0.1) is 0 Å². The third-order valence-electron chi connectivity index (χ3n) is 6.70. The lowest BCUT2D eigenvalue weighted by Crippen LogP contribution is -2.33. The first-order valence-electron chi connectivity index (χ1n) is 12.4. The van der Waals surface area contributed by atoms with Crippen LogP contribution in [-0.2, 0) is 18.9 Å². The van der Waals surface area contributed by atoms with Crippen molar-refractivity contribution in [3.63, 3.8) is 0 Å². The first-order valence-corrected chi connectivity index (χ1v) is 12.4. The standard InChI is InChI=1S/2C14H19NO3/c2*1-14(2)7-10(4-5-18-14)11-6-12(9-15-8-11)13(16)17-3/h2*6,8-10H,4-5,7H2,1-3H3. The van der Waals surface area contributed by atoms with Gasteiger partial charge < -0.3 is 18.9 Å². The molecule has 8 heteroatoms. The molecule has 196 valence electrons. The van der Waals surface area contributed by atoms with Crippen LogP contribution in [0.1, 0.15) is 97.1 Å². The number of aromatic nitrogens is 2. The van der Waals surface area contributed by atoms with Crippen molar-refractivity contribution in [3.8, 4) is 0 Å². The van der Waals surface area contributed by atoms with Gasteiger partial charge in [-0.25, -0.2) is 9.59 Å². The van der Waals surface area contributed by atoms with Crippen molar-refractivity contribution in [2.45, 2.75) is 76.4 Å². The van der Waals surface area contributed by atoms with E-state index in [1.54, 1.807) is 12.4 Å². The molecule has 0 bridgehead atoms. The van der Waals surface area contributed by atoms with Gasteiger partial charge in [0.15, 0.2) is 0 Å². The molecular formula is C28H38N2O6. The van der Waals surface area contributed by atoms with Crippen molar-refractivity contribution in [2.75, 3.05) is 27.4 Å². The Balaban J connectivity index is 0.000000201. The van der Waals surface area contributed by atoms with E-state index < -0.39 is 0 Å². The monoisotopic (exact) mass is 498 g/mol. The van der Waals surface area contributed by atoms with E-state index in [0.717, 1.165) is 50.0 Å². The topological polar surface area (TPSA) is 96.8 Å². The highest BCUT2D eigenvalue weighted by atomic mass is 16.5. The Labute approximate surface area is 213 Å². The molecule has 4 rings (SSSR count). The van der Waals surface area contributed by atoms with Gasteiger partial charge in [0, 0.05) is 38.0 Å². The summed E-state index contributed by atoms with van der Waals surface area (Å²) in [4.78, 5) is 31.2. The fourth-order valence-corrected chi connectivity index (χ4v) is 4.85. The first-order chi connectivity index (χ1) is 17.0. The van der Waals surface area contributed by atoms with Crippen LogP contribution in [0.4, 0.5) is 0 Å². The summed E-state index contributed by atoms with van der Waals surface area (Å²) in [6, 6.07) is 3.76. The van der Waals surface area contributed by atoms with Crippen LogP contribution in [0.25, 0.3) is 0 Å². The average molecular weight is 499 g/mol. The molecule has 2 fully saturated rings. The zero-order valence-corrected chi connectivity index (χ0v) is 22.2. The highest BCUT2D eigenvalue weighted by molar-refractivity contribution is 5.89. The smallest absolute Gasteiger partial charge is 0.339 e. The molecule has 0 saturated carbocycles. The predicted molar refractivity (Wildman–Crippen MR) is 135 cm³/mol. The van der Waals surface area contributed by atoms with Crippen molar-refractivity contribution in [1.82, 2.24) is 9.97 Å². The third kappa shape index (κ3) is 7.58. The van der Waals surface area contributed by atoms with Crippen molar-refractivity contribution in [2.24, 2.45) is 0 Å². The lowest BCUT2D eigenvalue weighted by molar-refractivity contribution is -0.0596. The summed E-state index contributed by atoms with van der Waals surface area (Å²) in [7, 11) is 2.76. The maximum absolute atomic E-state index is 11.5. The lowest BCUT2D eigenvalue weighted by atomic mass is 9.84. The molecule has 0 aliphatic carbocycles. The van der Waals surface area contributed by atoms with E-state index in [-0.39, 0.29) is 23.1 Å². The summed E-state index contributed by atoms with van der Waals surface area (Å²) in [6.07, 6.45) is 10.6. The van der Waals surface area contributed by atoms with E-state index in [2.05, 4.69) is 37.7 Å². The summed E-state index contributed by atoms with van der Waals surface area (Å²) in [6.45, 7) is 9.88. The van der Waals surface area contributed by atoms with Crippen LogP contribution in [0.3, 0.4) is 0 Å². The number of rotatable bonds is 4. The molecule has 2 aliphatic rings. The van der Waals surface area contributed by atoms with E-state index in [1.165, 1.54) is 14.2 Å². The summed E-state index contributed by atoms with van der Waals surface area (Å²) >= 11 is 0. The minimum absolute atomic E-state index is 0.107. The van der Waals surface area contributed by atoms with Crippen LogP contribution < -0.4 is 0 Å². The number of pyridine rings is 2. The SMILES string of the molecule is COC(=O)c1cncc(C2CCOC(C)(C)C2)c1.COC(=O)c1cncc(C2CCOC(C)(C)C2)c1. The van der Waals surface area contributed by atoms with E-state index in [1.807, 2.05) is 24.5 Å². The maximum atomic E-state index is 11.5. The van der Waals surface area contributed by atoms with Gasteiger partial charge in [0.05, 0.1) is 36.5 Å². The zero-order chi connectivity index (χ0) is 26.3. The van der Waals surface area contributed by atoms with Gasteiger partial charge in [-0.1, -0.05) is 0 Å². The number of carbonyl (C=O) groups is 2. The van der Waals surface area contributed by atoms with Crippen LogP contribution in [0.5, 0.6) is 0 Å². The van der Waals surface area contributed by atoms with Crippen LogP contribution in [-0.4, -0.2) is 60.5 Å². The first kappa shape index (κ1) is 27.7. The van der Waals surface area contributed by atoms with Gasteiger partial charge in [0.2, 0.25) is 0 Å². The van der Waals surface area contributed by atoms with E-state index >= 15 is 0 Å². The second-order valence-electron chi connectivity index (χ2n) is 10.6. The molecule has 0 aromatic carbocycles. The Hall–Kier alpha value is -2.84. The molecule has 0 amide bonds. The number of carbonyl (C=O) groups excluding carboxylic acids is 2. The minimum Gasteiger partial charge on any atom is -0.465 e. The Bertz CT molecular complexity index is 968. The van der Waals surface area contributed by atoms with E-state index in [0.29, 0.717) is 23.0 Å². The van der Waals surface area contributed by atoms with Crippen molar-refractivity contribution in [3.05, 3.63) is 59.2 Å². The number of ether oxygens (including phenoxy) is 4. The molecule has 2 atom stereocenters. The van der Waals surface area contributed by atoms with Crippen molar-refractivity contribution >= 4 is 11.9 Å². The average Bonchev–Trinajstić information content (AvgIpc) is 2.87. The van der Waals surface area contributed by atoms with Gasteiger partial charge in [0.1, 0.15) is 0 Å². The molecule has 2 aliphatic heterocycles. The fraction of sp³-hybridized carbons (Fsp3) is 0.571. The number of hydrogen-bond acceptors (Lipinski definition) is 8. The molecule has 4 heterocycles. The van der Waals surface area contributed by atoms with Crippen molar-refractivity contribution in [1.29, 1.82) is 0 Å². The molecule has 2 aromatic heterocycles. The molecule has 36 heavy (non-hydrogen) atoms. The van der Waals surface area contributed by atoms with Crippen molar-refractivity contribution < 1.29 is 28.5 Å². The highest BCUT2D eigenvalue weighted by Gasteiger charge is 2.31. The lowest BCUT2D eigenvalue weighted by Gasteiger charge is -2.35. The summed E-state index contributed by atoms with van der Waals surface area (Å²) in [5, 5.41) is 0. The van der Waals surface area contributed by atoms with Gasteiger partial charge in [-0.15, -0.1) is 0 Å².